The second kappa shape index (κ2) is 3.93. The van der Waals surface area contributed by atoms with Gasteiger partial charge in [-0.25, -0.2) is 0 Å². The maximum absolute atomic E-state index is 5.83. The average molecular weight is 255 g/mol. The molecule has 0 heterocycles. The molecule has 1 aromatic carbocycles. The molecule has 0 spiro atoms. The van der Waals surface area contributed by atoms with Crippen molar-refractivity contribution < 1.29 is 4.74 Å². The molecule has 0 radical (unpaired) electrons. The molecule has 1 aliphatic carbocycles. The first-order valence-electron chi connectivity index (χ1n) is 5.07. The van der Waals surface area contributed by atoms with E-state index >= 15 is 0 Å². The van der Waals surface area contributed by atoms with E-state index in [-0.39, 0.29) is 0 Å². The second-order valence-corrected chi connectivity index (χ2v) is 4.93. The molecule has 2 heteroatoms. The normalized spacial score (nSPS) is 15.6. The lowest BCUT2D eigenvalue weighted by Gasteiger charge is -2.12. The highest BCUT2D eigenvalue weighted by Crippen LogP contribution is 2.34. The second-order valence-electron chi connectivity index (χ2n) is 4.07. The summed E-state index contributed by atoms with van der Waals surface area (Å²) in [6.45, 7) is 5.11. The molecule has 1 nitrogen and oxygen atoms in total. The predicted octanol–water partition coefficient (Wildman–Crippen LogP) is 3.85. The molecule has 0 saturated heterocycles. The van der Waals surface area contributed by atoms with Gasteiger partial charge in [0.2, 0.25) is 0 Å². The van der Waals surface area contributed by atoms with Crippen molar-refractivity contribution in [3.8, 4) is 5.75 Å². The van der Waals surface area contributed by atoms with Gasteiger partial charge in [-0.05, 0) is 65.7 Å². The molecule has 0 unspecified atom stereocenters. The van der Waals surface area contributed by atoms with E-state index < -0.39 is 0 Å². The van der Waals surface area contributed by atoms with Crippen LogP contribution in [0.3, 0.4) is 0 Å². The summed E-state index contributed by atoms with van der Waals surface area (Å²) in [6.07, 6.45) is 2.67. The van der Waals surface area contributed by atoms with E-state index in [1.165, 1.54) is 24.0 Å². The maximum atomic E-state index is 5.83. The van der Waals surface area contributed by atoms with Crippen molar-refractivity contribution in [2.24, 2.45) is 5.92 Å². The van der Waals surface area contributed by atoms with Gasteiger partial charge in [0, 0.05) is 0 Å². The lowest BCUT2D eigenvalue weighted by atomic mass is 10.1. The van der Waals surface area contributed by atoms with Crippen LogP contribution in [0.4, 0.5) is 0 Å². The lowest BCUT2D eigenvalue weighted by Crippen LogP contribution is -2.01. The molecule has 0 amide bonds. The molecule has 1 fully saturated rings. The summed E-state index contributed by atoms with van der Waals surface area (Å²) in [4.78, 5) is 0. The van der Waals surface area contributed by atoms with Gasteiger partial charge in [-0.15, -0.1) is 0 Å². The summed E-state index contributed by atoms with van der Waals surface area (Å²) in [5.74, 6) is 1.83. The van der Waals surface area contributed by atoms with Gasteiger partial charge in [0.1, 0.15) is 5.75 Å². The lowest BCUT2D eigenvalue weighted by molar-refractivity contribution is 0.296. The van der Waals surface area contributed by atoms with Gasteiger partial charge in [-0.1, -0.05) is 6.07 Å². The van der Waals surface area contributed by atoms with Gasteiger partial charge in [-0.2, -0.15) is 0 Å². The minimum Gasteiger partial charge on any atom is -0.492 e. The standard InChI is InChI=1S/C12H15BrO/c1-8-3-6-11(13)12(9(8)2)14-7-10-4-5-10/h3,6,10H,4-5,7H2,1-2H3. The zero-order valence-electron chi connectivity index (χ0n) is 8.64. The number of hydrogen-bond acceptors (Lipinski definition) is 1. The molecule has 0 N–H and O–H groups in total. The van der Waals surface area contributed by atoms with E-state index in [2.05, 4.69) is 41.9 Å². The fraction of sp³-hybridized carbons (Fsp3) is 0.500. The van der Waals surface area contributed by atoms with Crippen molar-refractivity contribution in [2.75, 3.05) is 6.61 Å². The Hall–Kier alpha value is -0.500. The fourth-order valence-corrected chi connectivity index (χ4v) is 1.96. The summed E-state index contributed by atoms with van der Waals surface area (Å²) in [7, 11) is 0. The van der Waals surface area contributed by atoms with Gasteiger partial charge in [0.05, 0.1) is 11.1 Å². The van der Waals surface area contributed by atoms with Gasteiger partial charge in [-0.3, -0.25) is 0 Å². The van der Waals surface area contributed by atoms with Crippen LogP contribution in [0.25, 0.3) is 0 Å². The zero-order chi connectivity index (χ0) is 10.1. The van der Waals surface area contributed by atoms with Crippen LogP contribution in [0.15, 0.2) is 16.6 Å². The van der Waals surface area contributed by atoms with Crippen molar-refractivity contribution in [1.82, 2.24) is 0 Å². The quantitative estimate of drug-likeness (QED) is 0.797. The molecule has 0 aliphatic heterocycles. The molecule has 76 valence electrons. The number of halogens is 1. The number of rotatable bonds is 3. The van der Waals surface area contributed by atoms with Crippen LogP contribution < -0.4 is 4.74 Å². The molecule has 1 aliphatic rings. The molecule has 1 aromatic rings. The topological polar surface area (TPSA) is 9.23 Å². The summed E-state index contributed by atoms with van der Waals surface area (Å²) in [5.41, 5.74) is 2.54. The first kappa shape index (κ1) is 10.0. The molecule has 2 rings (SSSR count). The Kier molecular flexibility index (Phi) is 2.82. The number of ether oxygens (including phenoxy) is 1. The van der Waals surface area contributed by atoms with Crippen molar-refractivity contribution >= 4 is 15.9 Å². The van der Waals surface area contributed by atoms with Crippen molar-refractivity contribution in [3.05, 3.63) is 27.7 Å². The Bertz CT molecular complexity index is 342. The average Bonchev–Trinajstić information content (AvgIpc) is 2.95. The summed E-state index contributed by atoms with van der Waals surface area (Å²) < 4.78 is 6.90. The third-order valence-electron chi connectivity index (χ3n) is 2.79. The molecule has 0 aromatic heterocycles. The Balaban J connectivity index is 2.16. The Morgan fingerprint density at radius 3 is 2.71 bits per heavy atom. The summed E-state index contributed by atoms with van der Waals surface area (Å²) in [6, 6.07) is 4.17. The highest BCUT2D eigenvalue weighted by atomic mass is 79.9. The third kappa shape index (κ3) is 2.11. The number of hydrogen-bond donors (Lipinski definition) is 0. The molecule has 14 heavy (non-hydrogen) atoms. The molecule has 1 saturated carbocycles. The zero-order valence-corrected chi connectivity index (χ0v) is 10.2. The first-order chi connectivity index (χ1) is 6.68. The van der Waals surface area contributed by atoms with Gasteiger partial charge in [0.15, 0.2) is 0 Å². The van der Waals surface area contributed by atoms with E-state index in [0.29, 0.717) is 0 Å². The van der Waals surface area contributed by atoms with E-state index in [4.69, 9.17) is 4.74 Å². The SMILES string of the molecule is Cc1ccc(Br)c(OCC2CC2)c1C. The highest BCUT2D eigenvalue weighted by Gasteiger charge is 2.22. The smallest absolute Gasteiger partial charge is 0.136 e. The Morgan fingerprint density at radius 2 is 2.07 bits per heavy atom. The van der Waals surface area contributed by atoms with Gasteiger partial charge < -0.3 is 4.74 Å². The Labute approximate surface area is 93.6 Å². The van der Waals surface area contributed by atoms with Gasteiger partial charge in [0.25, 0.3) is 0 Å². The fourth-order valence-electron chi connectivity index (χ4n) is 1.42. The van der Waals surface area contributed by atoms with Crippen LogP contribution in [0.1, 0.15) is 24.0 Å². The number of aryl methyl sites for hydroxylation is 1. The Morgan fingerprint density at radius 1 is 1.36 bits per heavy atom. The van der Waals surface area contributed by atoms with Crippen LogP contribution in [0.2, 0.25) is 0 Å². The molecular weight excluding hydrogens is 240 g/mol. The van der Waals surface area contributed by atoms with Crippen molar-refractivity contribution in [2.45, 2.75) is 26.7 Å². The monoisotopic (exact) mass is 254 g/mol. The van der Waals surface area contributed by atoms with E-state index in [1.807, 2.05) is 0 Å². The minimum absolute atomic E-state index is 0.807. The van der Waals surface area contributed by atoms with Crippen LogP contribution in [0.5, 0.6) is 5.75 Å². The van der Waals surface area contributed by atoms with E-state index in [9.17, 15) is 0 Å². The van der Waals surface area contributed by atoms with Crippen LogP contribution >= 0.6 is 15.9 Å². The first-order valence-corrected chi connectivity index (χ1v) is 5.86. The number of benzene rings is 1. The molecule has 0 bridgehead atoms. The van der Waals surface area contributed by atoms with Crippen molar-refractivity contribution in [3.63, 3.8) is 0 Å². The molecular formula is C12H15BrO. The van der Waals surface area contributed by atoms with E-state index in [0.717, 1.165) is 22.7 Å². The van der Waals surface area contributed by atoms with Gasteiger partial charge >= 0.3 is 0 Å². The highest BCUT2D eigenvalue weighted by molar-refractivity contribution is 9.10. The van der Waals surface area contributed by atoms with Crippen LogP contribution in [0, 0.1) is 19.8 Å². The van der Waals surface area contributed by atoms with E-state index in [1.54, 1.807) is 0 Å². The molecule has 0 atom stereocenters. The maximum Gasteiger partial charge on any atom is 0.136 e. The minimum atomic E-state index is 0.807. The van der Waals surface area contributed by atoms with Crippen LogP contribution in [-0.2, 0) is 0 Å². The predicted molar refractivity (Wildman–Crippen MR) is 61.8 cm³/mol. The largest absolute Gasteiger partial charge is 0.492 e. The summed E-state index contributed by atoms with van der Waals surface area (Å²) >= 11 is 3.53. The van der Waals surface area contributed by atoms with Crippen LogP contribution in [-0.4, -0.2) is 6.61 Å². The van der Waals surface area contributed by atoms with Crippen molar-refractivity contribution in [1.29, 1.82) is 0 Å². The summed E-state index contributed by atoms with van der Waals surface area (Å²) in [5, 5.41) is 0. The third-order valence-corrected chi connectivity index (χ3v) is 3.41.